The number of rotatable bonds is 4. The van der Waals surface area contributed by atoms with Gasteiger partial charge in [0.2, 0.25) is 5.91 Å². The molecule has 0 unspecified atom stereocenters. The molecule has 5 heteroatoms. The van der Waals surface area contributed by atoms with E-state index in [1.807, 2.05) is 13.0 Å². The Morgan fingerprint density at radius 2 is 2.25 bits per heavy atom. The standard InChI is InChI=1S/C11H14N2O2S/c1-7-5-8(15-2)3-4-9(7)13-11(14)6-10(12)16/h3-5H,6H2,1-2H3,(H2,12,16)(H,13,14). The van der Waals surface area contributed by atoms with Crippen LogP contribution in [0.2, 0.25) is 0 Å². The summed E-state index contributed by atoms with van der Waals surface area (Å²) in [5.74, 6) is 0.547. The van der Waals surface area contributed by atoms with Crippen LogP contribution in [-0.4, -0.2) is 18.0 Å². The average molecular weight is 238 g/mol. The zero-order chi connectivity index (χ0) is 12.1. The summed E-state index contributed by atoms with van der Waals surface area (Å²) in [6.45, 7) is 1.89. The monoisotopic (exact) mass is 238 g/mol. The van der Waals surface area contributed by atoms with Crippen LogP contribution >= 0.6 is 12.2 Å². The Labute approximate surface area is 99.8 Å². The molecular weight excluding hydrogens is 224 g/mol. The molecule has 16 heavy (non-hydrogen) atoms. The van der Waals surface area contributed by atoms with Gasteiger partial charge in [0.15, 0.2) is 0 Å². The van der Waals surface area contributed by atoms with Crippen molar-refractivity contribution in [3.05, 3.63) is 23.8 Å². The van der Waals surface area contributed by atoms with Gasteiger partial charge in [-0.1, -0.05) is 12.2 Å². The van der Waals surface area contributed by atoms with E-state index in [-0.39, 0.29) is 17.3 Å². The number of hydrogen-bond donors (Lipinski definition) is 2. The van der Waals surface area contributed by atoms with Gasteiger partial charge in [-0.25, -0.2) is 0 Å². The van der Waals surface area contributed by atoms with Crippen molar-refractivity contribution in [3.63, 3.8) is 0 Å². The minimum Gasteiger partial charge on any atom is -0.497 e. The molecule has 0 aromatic heterocycles. The number of carbonyl (C=O) groups is 1. The molecule has 0 spiro atoms. The maximum Gasteiger partial charge on any atom is 0.231 e. The number of methoxy groups -OCH3 is 1. The van der Waals surface area contributed by atoms with E-state index in [0.717, 1.165) is 17.0 Å². The van der Waals surface area contributed by atoms with E-state index in [1.165, 1.54) is 0 Å². The van der Waals surface area contributed by atoms with Gasteiger partial charge in [0.25, 0.3) is 0 Å². The van der Waals surface area contributed by atoms with Gasteiger partial charge in [-0.15, -0.1) is 0 Å². The Morgan fingerprint density at radius 1 is 1.56 bits per heavy atom. The predicted molar refractivity (Wildman–Crippen MR) is 67.8 cm³/mol. The van der Waals surface area contributed by atoms with Gasteiger partial charge in [0.05, 0.1) is 18.5 Å². The minimum atomic E-state index is -0.208. The van der Waals surface area contributed by atoms with Crippen LogP contribution < -0.4 is 15.8 Å². The molecule has 0 saturated carbocycles. The second-order valence-corrected chi connectivity index (χ2v) is 3.90. The molecule has 0 aliphatic carbocycles. The first-order valence-corrected chi connectivity index (χ1v) is 5.16. The number of nitrogens with one attached hydrogen (secondary N) is 1. The normalized spacial score (nSPS) is 9.62. The van der Waals surface area contributed by atoms with Crippen LogP contribution in [0.3, 0.4) is 0 Å². The van der Waals surface area contributed by atoms with Crippen LogP contribution in [0.1, 0.15) is 12.0 Å². The zero-order valence-electron chi connectivity index (χ0n) is 9.24. The lowest BCUT2D eigenvalue weighted by Gasteiger charge is -2.09. The van der Waals surface area contributed by atoms with Gasteiger partial charge < -0.3 is 15.8 Å². The lowest BCUT2D eigenvalue weighted by molar-refractivity contribution is -0.115. The summed E-state index contributed by atoms with van der Waals surface area (Å²) in [4.78, 5) is 11.6. The summed E-state index contributed by atoms with van der Waals surface area (Å²) in [5.41, 5.74) is 6.95. The number of hydrogen-bond acceptors (Lipinski definition) is 3. The van der Waals surface area contributed by atoms with E-state index in [9.17, 15) is 4.79 Å². The summed E-state index contributed by atoms with van der Waals surface area (Å²) >= 11 is 4.66. The van der Waals surface area contributed by atoms with Crippen molar-refractivity contribution in [2.24, 2.45) is 5.73 Å². The van der Waals surface area contributed by atoms with Gasteiger partial charge in [0.1, 0.15) is 5.75 Å². The summed E-state index contributed by atoms with van der Waals surface area (Å²) in [6.07, 6.45) is 0.0564. The highest BCUT2D eigenvalue weighted by molar-refractivity contribution is 7.80. The van der Waals surface area contributed by atoms with Crippen LogP contribution in [-0.2, 0) is 4.79 Å². The lowest BCUT2D eigenvalue weighted by atomic mass is 10.2. The largest absolute Gasteiger partial charge is 0.497 e. The fourth-order valence-corrected chi connectivity index (χ4v) is 1.39. The van der Waals surface area contributed by atoms with Gasteiger partial charge in [-0.3, -0.25) is 4.79 Å². The Morgan fingerprint density at radius 3 is 2.75 bits per heavy atom. The molecule has 0 aliphatic rings. The zero-order valence-corrected chi connectivity index (χ0v) is 10.1. The smallest absolute Gasteiger partial charge is 0.231 e. The number of nitrogens with two attached hydrogens (primary N) is 1. The average Bonchev–Trinajstić information content (AvgIpc) is 2.19. The highest BCUT2D eigenvalue weighted by atomic mass is 32.1. The first-order chi connectivity index (χ1) is 7.52. The van der Waals surface area contributed by atoms with E-state index in [1.54, 1.807) is 19.2 Å². The molecule has 1 aromatic carbocycles. The third-order valence-electron chi connectivity index (χ3n) is 2.04. The van der Waals surface area contributed by atoms with Crippen molar-refractivity contribution in [2.75, 3.05) is 12.4 Å². The number of amides is 1. The third-order valence-corrected chi connectivity index (χ3v) is 2.19. The van der Waals surface area contributed by atoms with Gasteiger partial charge in [-0.2, -0.15) is 0 Å². The molecule has 0 atom stereocenters. The molecule has 0 heterocycles. The number of anilines is 1. The highest BCUT2D eigenvalue weighted by Gasteiger charge is 2.06. The van der Waals surface area contributed by atoms with E-state index < -0.39 is 0 Å². The molecule has 0 fully saturated rings. The second-order valence-electron chi connectivity index (χ2n) is 3.37. The SMILES string of the molecule is COc1ccc(NC(=O)CC(N)=S)c(C)c1. The van der Waals surface area contributed by atoms with Crippen molar-refractivity contribution >= 4 is 28.8 Å². The minimum absolute atomic E-state index is 0.0564. The fourth-order valence-electron chi connectivity index (χ4n) is 1.26. The van der Waals surface area contributed by atoms with Crippen LogP contribution in [0, 0.1) is 6.92 Å². The quantitative estimate of drug-likeness (QED) is 0.782. The van der Waals surface area contributed by atoms with Crippen LogP contribution in [0.4, 0.5) is 5.69 Å². The Hall–Kier alpha value is -1.62. The highest BCUT2D eigenvalue weighted by Crippen LogP contribution is 2.20. The molecule has 0 aliphatic heterocycles. The molecule has 86 valence electrons. The summed E-state index contributed by atoms with van der Waals surface area (Å²) in [5, 5.41) is 2.73. The summed E-state index contributed by atoms with van der Waals surface area (Å²) < 4.78 is 5.07. The van der Waals surface area contributed by atoms with E-state index in [4.69, 9.17) is 10.5 Å². The fraction of sp³-hybridized carbons (Fsp3) is 0.273. The van der Waals surface area contributed by atoms with Crippen molar-refractivity contribution in [1.82, 2.24) is 0 Å². The maximum absolute atomic E-state index is 11.4. The molecule has 1 rings (SSSR count). The molecular formula is C11H14N2O2S. The molecule has 0 saturated heterocycles. The molecule has 4 nitrogen and oxygen atoms in total. The van der Waals surface area contributed by atoms with Gasteiger partial charge >= 0.3 is 0 Å². The second kappa shape index (κ2) is 5.46. The van der Waals surface area contributed by atoms with Crippen LogP contribution in [0.25, 0.3) is 0 Å². The van der Waals surface area contributed by atoms with Crippen molar-refractivity contribution in [3.8, 4) is 5.75 Å². The van der Waals surface area contributed by atoms with Crippen LogP contribution in [0.15, 0.2) is 18.2 Å². The lowest BCUT2D eigenvalue weighted by Crippen LogP contribution is -2.20. The van der Waals surface area contributed by atoms with E-state index in [2.05, 4.69) is 17.5 Å². The number of ether oxygens (including phenoxy) is 1. The summed E-state index contributed by atoms with van der Waals surface area (Å²) in [7, 11) is 1.60. The van der Waals surface area contributed by atoms with E-state index >= 15 is 0 Å². The third kappa shape index (κ3) is 3.51. The molecule has 3 N–H and O–H groups in total. The van der Waals surface area contributed by atoms with Crippen molar-refractivity contribution < 1.29 is 9.53 Å². The predicted octanol–water partition coefficient (Wildman–Crippen LogP) is 1.62. The number of benzene rings is 1. The first kappa shape index (κ1) is 12.4. The van der Waals surface area contributed by atoms with Crippen molar-refractivity contribution in [2.45, 2.75) is 13.3 Å². The van der Waals surface area contributed by atoms with Crippen LogP contribution in [0.5, 0.6) is 5.75 Å². The molecule has 1 amide bonds. The van der Waals surface area contributed by atoms with Crippen molar-refractivity contribution in [1.29, 1.82) is 0 Å². The summed E-state index contributed by atoms with van der Waals surface area (Å²) in [6, 6.07) is 5.41. The maximum atomic E-state index is 11.4. The molecule has 0 bridgehead atoms. The number of carbonyl (C=O) groups excluding carboxylic acids is 1. The Bertz CT molecular complexity index is 418. The number of thiocarbonyl (C=S) groups is 1. The topological polar surface area (TPSA) is 64.3 Å². The van der Waals surface area contributed by atoms with Gasteiger partial charge in [0, 0.05) is 5.69 Å². The number of aryl methyl sites for hydroxylation is 1. The van der Waals surface area contributed by atoms with Gasteiger partial charge in [-0.05, 0) is 30.7 Å². The molecule has 1 aromatic rings. The Balaban J connectivity index is 2.74. The Kier molecular flexibility index (Phi) is 4.25. The van der Waals surface area contributed by atoms with E-state index in [0.29, 0.717) is 0 Å². The molecule has 0 radical (unpaired) electrons. The first-order valence-electron chi connectivity index (χ1n) is 4.75.